The Kier molecular flexibility index (Phi) is 3.14. The molecule has 1 aromatic carbocycles. The van der Waals surface area contributed by atoms with E-state index in [1.165, 1.54) is 6.54 Å². The summed E-state index contributed by atoms with van der Waals surface area (Å²) >= 11 is 0. The summed E-state index contributed by atoms with van der Waals surface area (Å²) < 4.78 is 0. The van der Waals surface area contributed by atoms with Gasteiger partial charge in [0, 0.05) is 0 Å². The average molecular weight is 164 g/mol. The number of carbonyl (C=O) groups is 1. The topological polar surface area (TPSA) is 49.3 Å². The maximum absolute atomic E-state index is 10.0. The van der Waals surface area contributed by atoms with Crippen LogP contribution in [0.25, 0.3) is 0 Å². The van der Waals surface area contributed by atoms with E-state index in [4.69, 9.17) is 5.11 Å². The van der Waals surface area contributed by atoms with Crippen molar-refractivity contribution in [3.63, 3.8) is 0 Å². The highest BCUT2D eigenvalue weighted by molar-refractivity contribution is 5.65. The predicted molar refractivity (Wildman–Crippen MR) is 45.6 cm³/mol. The molecule has 1 aromatic rings. The lowest BCUT2D eigenvalue weighted by molar-refractivity contribution is 0.197. The van der Waals surface area contributed by atoms with Gasteiger partial charge in [-0.3, -0.25) is 0 Å². The minimum Gasteiger partial charge on any atom is -0.465 e. The molecule has 3 nitrogen and oxygen atoms in total. The molecular formula is C9H10NO2. The van der Waals surface area contributed by atoms with Gasteiger partial charge in [-0.05, 0) is 12.0 Å². The molecule has 1 radical (unpaired) electrons. The van der Waals surface area contributed by atoms with Crippen LogP contribution in [-0.2, 0) is 6.42 Å². The molecule has 0 unspecified atom stereocenters. The first kappa shape index (κ1) is 8.59. The third-order valence-corrected chi connectivity index (χ3v) is 1.41. The van der Waals surface area contributed by atoms with Crippen LogP contribution in [0.4, 0.5) is 4.79 Å². The second-order valence-corrected chi connectivity index (χ2v) is 2.34. The van der Waals surface area contributed by atoms with Crippen LogP contribution in [0.2, 0.25) is 0 Å². The summed E-state index contributed by atoms with van der Waals surface area (Å²) in [6.45, 7) is 1.51. The van der Waals surface area contributed by atoms with Gasteiger partial charge < -0.3 is 10.4 Å². The van der Waals surface area contributed by atoms with Crippen LogP contribution in [0.3, 0.4) is 0 Å². The minimum atomic E-state index is -1.02. The second kappa shape index (κ2) is 4.38. The van der Waals surface area contributed by atoms with Crippen LogP contribution in [0, 0.1) is 6.54 Å². The molecule has 0 saturated heterocycles. The number of carboxylic acid groups (broad SMARTS) is 1. The fourth-order valence-corrected chi connectivity index (χ4v) is 0.870. The molecule has 0 bridgehead atoms. The van der Waals surface area contributed by atoms with E-state index < -0.39 is 6.09 Å². The van der Waals surface area contributed by atoms with Crippen LogP contribution in [0.15, 0.2) is 30.3 Å². The third kappa shape index (κ3) is 3.05. The van der Waals surface area contributed by atoms with E-state index in [0.29, 0.717) is 6.42 Å². The molecular weight excluding hydrogens is 154 g/mol. The summed E-state index contributed by atoms with van der Waals surface area (Å²) in [7, 11) is 0. The predicted octanol–water partition coefficient (Wildman–Crippen LogP) is 1.66. The molecule has 2 N–H and O–H groups in total. The van der Waals surface area contributed by atoms with Crippen molar-refractivity contribution in [1.29, 1.82) is 0 Å². The molecule has 0 aromatic heterocycles. The molecule has 0 spiro atoms. The van der Waals surface area contributed by atoms with Crippen molar-refractivity contribution < 1.29 is 9.90 Å². The zero-order valence-electron chi connectivity index (χ0n) is 6.53. The standard InChI is InChI=1S/C9H10NO2/c11-9(12)10-7-6-8-4-2-1-3-5-8/h1-5,7,10H,6H2,(H,11,12). The van der Waals surface area contributed by atoms with Crippen molar-refractivity contribution >= 4 is 6.09 Å². The van der Waals surface area contributed by atoms with E-state index in [1.54, 1.807) is 0 Å². The summed E-state index contributed by atoms with van der Waals surface area (Å²) in [4.78, 5) is 10.0. The van der Waals surface area contributed by atoms with Gasteiger partial charge in [-0.25, -0.2) is 4.79 Å². The second-order valence-electron chi connectivity index (χ2n) is 2.34. The van der Waals surface area contributed by atoms with Gasteiger partial charge in [0.1, 0.15) is 0 Å². The number of hydrogen-bond acceptors (Lipinski definition) is 1. The Labute approximate surface area is 71.0 Å². The van der Waals surface area contributed by atoms with E-state index in [2.05, 4.69) is 5.32 Å². The first-order valence-corrected chi connectivity index (χ1v) is 3.64. The Morgan fingerprint density at radius 1 is 1.42 bits per heavy atom. The quantitative estimate of drug-likeness (QED) is 0.713. The van der Waals surface area contributed by atoms with Gasteiger partial charge in [0.2, 0.25) is 0 Å². The largest absolute Gasteiger partial charge is 0.465 e. The van der Waals surface area contributed by atoms with E-state index in [9.17, 15) is 4.79 Å². The zero-order chi connectivity index (χ0) is 8.81. The first-order valence-electron chi connectivity index (χ1n) is 3.64. The summed E-state index contributed by atoms with van der Waals surface area (Å²) in [5, 5.41) is 10.4. The Balaban J connectivity index is 2.29. The molecule has 0 fully saturated rings. The maximum atomic E-state index is 10.0. The van der Waals surface area contributed by atoms with Crippen LogP contribution in [-0.4, -0.2) is 11.2 Å². The smallest absolute Gasteiger partial charge is 0.404 e. The van der Waals surface area contributed by atoms with Gasteiger partial charge in [0.15, 0.2) is 0 Å². The molecule has 0 heterocycles. The SMILES string of the molecule is O=C(O)N[CH]Cc1ccccc1. The van der Waals surface area contributed by atoms with Gasteiger partial charge in [-0.1, -0.05) is 30.3 Å². The number of hydrogen-bond donors (Lipinski definition) is 2. The highest BCUT2D eigenvalue weighted by atomic mass is 16.4. The van der Waals surface area contributed by atoms with Gasteiger partial charge in [0.25, 0.3) is 0 Å². The minimum absolute atomic E-state index is 0.618. The van der Waals surface area contributed by atoms with E-state index >= 15 is 0 Å². The average Bonchev–Trinajstić information content (AvgIpc) is 2.05. The molecule has 1 rings (SSSR count). The maximum Gasteiger partial charge on any atom is 0.404 e. The van der Waals surface area contributed by atoms with Crippen molar-refractivity contribution in [3.8, 4) is 0 Å². The highest BCUT2D eigenvalue weighted by Gasteiger charge is 1.94. The van der Waals surface area contributed by atoms with Gasteiger partial charge in [0.05, 0.1) is 6.54 Å². The summed E-state index contributed by atoms with van der Waals surface area (Å²) in [6.07, 6.45) is -0.404. The zero-order valence-corrected chi connectivity index (χ0v) is 6.53. The molecule has 1 amide bonds. The molecule has 12 heavy (non-hydrogen) atoms. The Morgan fingerprint density at radius 3 is 2.67 bits per heavy atom. The van der Waals surface area contributed by atoms with Crippen LogP contribution >= 0.6 is 0 Å². The monoisotopic (exact) mass is 164 g/mol. The highest BCUT2D eigenvalue weighted by Crippen LogP contribution is 1.99. The van der Waals surface area contributed by atoms with E-state index in [-0.39, 0.29) is 0 Å². The number of rotatable bonds is 3. The number of amides is 1. The fourth-order valence-electron chi connectivity index (χ4n) is 0.870. The summed E-state index contributed by atoms with van der Waals surface area (Å²) in [6, 6.07) is 9.65. The molecule has 3 heteroatoms. The van der Waals surface area contributed by atoms with Gasteiger partial charge >= 0.3 is 6.09 Å². The summed E-state index contributed by atoms with van der Waals surface area (Å²) in [5.74, 6) is 0. The lowest BCUT2D eigenvalue weighted by Gasteiger charge is -1.99. The van der Waals surface area contributed by atoms with Crippen LogP contribution < -0.4 is 5.32 Å². The van der Waals surface area contributed by atoms with Crippen LogP contribution in [0.5, 0.6) is 0 Å². The Bertz CT molecular complexity index is 246. The van der Waals surface area contributed by atoms with Crippen molar-refractivity contribution in [3.05, 3.63) is 42.4 Å². The molecule has 0 aliphatic heterocycles. The van der Waals surface area contributed by atoms with E-state index in [1.807, 2.05) is 30.3 Å². The molecule has 63 valence electrons. The van der Waals surface area contributed by atoms with Gasteiger partial charge in [-0.15, -0.1) is 0 Å². The first-order chi connectivity index (χ1) is 5.79. The molecule has 0 atom stereocenters. The molecule has 0 aliphatic rings. The van der Waals surface area contributed by atoms with Crippen molar-refractivity contribution in [1.82, 2.24) is 5.32 Å². The molecule has 0 aliphatic carbocycles. The Morgan fingerprint density at radius 2 is 2.08 bits per heavy atom. The number of benzene rings is 1. The Hall–Kier alpha value is -1.51. The summed E-state index contributed by atoms with van der Waals surface area (Å²) in [5.41, 5.74) is 1.09. The van der Waals surface area contributed by atoms with Crippen molar-refractivity contribution in [2.45, 2.75) is 6.42 Å². The lowest BCUT2D eigenvalue weighted by Crippen LogP contribution is -2.18. The lowest BCUT2D eigenvalue weighted by atomic mass is 10.1. The molecule has 0 saturated carbocycles. The van der Waals surface area contributed by atoms with Crippen LogP contribution in [0.1, 0.15) is 5.56 Å². The third-order valence-electron chi connectivity index (χ3n) is 1.41. The van der Waals surface area contributed by atoms with Gasteiger partial charge in [-0.2, -0.15) is 0 Å². The normalized spacial score (nSPS) is 9.33. The fraction of sp³-hybridized carbons (Fsp3) is 0.111. The van der Waals surface area contributed by atoms with Crippen molar-refractivity contribution in [2.75, 3.05) is 0 Å². The van der Waals surface area contributed by atoms with Crippen molar-refractivity contribution in [2.24, 2.45) is 0 Å². The van der Waals surface area contributed by atoms with E-state index in [0.717, 1.165) is 5.56 Å². The number of nitrogens with one attached hydrogen (secondary N) is 1.